The second-order valence-corrected chi connectivity index (χ2v) is 8.40. The van der Waals surface area contributed by atoms with Crippen molar-refractivity contribution in [1.29, 1.82) is 0 Å². The molecule has 0 spiro atoms. The first kappa shape index (κ1) is 18.3. The molecule has 0 N–H and O–H groups in total. The van der Waals surface area contributed by atoms with E-state index in [1.54, 1.807) is 28.4 Å². The molecule has 0 saturated heterocycles. The lowest BCUT2D eigenvalue weighted by Crippen LogP contribution is -2.21. The Balaban J connectivity index is 3.21. The summed E-state index contributed by atoms with van der Waals surface area (Å²) in [6.07, 6.45) is 5.34. The van der Waals surface area contributed by atoms with Gasteiger partial charge in [-0.15, -0.1) is 0 Å². The molecule has 0 fully saturated rings. The molecule has 6 heteroatoms. The summed E-state index contributed by atoms with van der Waals surface area (Å²) in [5.74, 6) is 0.225. The largest absolute Gasteiger partial charge is 0.360 e. The van der Waals surface area contributed by atoms with Crippen molar-refractivity contribution in [3.05, 3.63) is 0 Å². The van der Waals surface area contributed by atoms with Crippen LogP contribution in [0.4, 0.5) is 0 Å². The molecule has 0 aromatic rings. The quantitative estimate of drug-likeness (QED) is 0.287. The van der Waals surface area contributed by atoms with Gasteiger partial charge >= 0.3 is 0 Å². The minimum absolute atomic E-state index is 0.113. The van der Waals surface area contributed by atoms with E-state index < -0.39 is 0 Å². The van der Waals surface area contributed by atoms with Gasteiger partial charge in [0.25, 0.3) is 0 Å². The normalized spacial score (nSPS) is 13.0. The van der Waals surface area contributed by atoms with Gasteiger partial charge in [-0.25, -0.2) is 0 Å². The van der Waals surface area contributed by atoms with Gasteiger partial charge in [-0.05, 0) is 0 Å². The van der Waals surface area contributed by atoms with E-state index in [9.17, 15) is 0 Å². The molecule has 110 valence electrons. The molecule has 4 nitrogen and oxygen atoms in total. The van der Waals surface area contributed by atoms with Gasteiger partial charge in [0.05, 0.1) is 19.0 Å². The number of hydrogen-bond donors (Lipinski definition) is 0. The topological polar surface area (TPSA) is 36.9 Å². The fourth-order valence-electron chi connectivity index (χ4n) is 1.99. The van der Waals surface area contributed by atoms with E-state index in [2.05, 4.69) is 0 Å². The second kappa shape index (κ2) is 13.7. The number of hydrogen-bond acceptors (Lipinski definition) is 4. The Kier molecular flexibility index (Phi) is 13.9. The molecule has 0 heterocycles. The van der Waals surface area contributed by atoms with E-state index in [4.69, 9.17) is 18.9 Å². The van der Waals surface area contributed by atoms with E-state index in [0.29, 0.717) is 0 Å². The summed E-state index contributed by atoms with van der Waals surface area (Å²) in [4.78, 5) is 0. The first-order chi connectivity index (χ1) is 8.78. The van der Waals surface area contributed by atoms with Crippen molar-refractivity contribution < 1.29 is 18.9 Å². The van der Waals surface area contributed by atoms with Crippen LogP contribution in [-0.2, 0) is 18.9 Å². The highest BCUT2D eigenvalue weighted by Gasteiger charge is 2.06. The highest BCUT2D eigenvalue weighted by atomic mass is 28.2. The van der Waals surface area contributed by atoms with Gasteiger partial charge in [-0.1, -0.05) is 37.8 Å². The maximum atomic E-state index is 5.21. The third-order valence-corrected chi connectivity index (χ3v) is 7.27. The summed E-state index contributed by atoms with van der Waals surface area (Å²) >= 11 is 0. The second-order valence-electron chi connectivity index (χ2n) is 4.50. The SMILES string of the molecule is COC(OC)[SiH2]CCCCCC[SiH2]C(OC)OC. The molecule has 0 unspecified atom stereocenters. The first-order valence-corrected chi connectivity index (χ1v) is 10.5. The minimum atomic E-state index is -0.210. The molecule has 0 atom stereocenters. The molecule has 0 aliphatic rings. The minimum Gasteiger partial charge on any atom is -0.360 e. The van der Waals surface area contributed by atoms with E-state index in [1.165, 1.54) is 37.8 Å². The molecule has 0 amide bonds. The molecule has 0 aromatic heterocycles. The summed E-state index contributed by atoms with van der Waals surface area (Å²) in [6, 6.07) is 2.64. The van der Waals surface area contributed by atoms with E-state index in [0.717, 1.165) is 0 Å². The number of ether oxygens (including phenoxy) is 4. The predicted octanol–water partition coefficient (Wildman–Crippen LogP) is 0.874. The molecule has 0 radical (unpaired) electrons. The molecule has 0 saturated carbocycles. The highest BCUT2D eigenvalue weighted by Crippen LogP contribution is 2.08. The Morgan fingerprint density at radius 2 is 0.944 bits per heavy atom. The van der Waals surface area contributed by atoms with Crippen LogP contribution in [0.5, 0.6) is 0 Å². The Hall–Kier alpha value is 0.274. The molecule has 0 aliphatic carbocycles. The monoisotopic (exact) mass is 294 g/mol. The van der Waals surface area contributed by atoms with Crippen LogP contribution >= 0.6 is 0 Å². The van der Waals surface area contributed by atoms with Gasteiger partial charge < -0.3 is 18.9 Å². The lowest BCUT2D eigenvalue weighted by Gasteiger charge is -2.13. The third-order valence-electron chi connectivity index (χ3n) is 3.18. The predicted molar refractivity (Wildman–Crippen MR) is 80.8 cm³/mol. The summed E-state index contributed by atoms with van der Waals surface area (Å²) in [6.45, 7) is 0. The van der Waals surface area contributed by atoms with Crippen molar-refractivity contribution in [2.24, 2.45) is 0 Å². The lowest BCUT2D eigenvalue weighted by molar-refractivity contribution is -0.0443. The van der Waals surface area contributed by atoms with Crippen LogP contribution in [0, 0.1) is 0 Å². The summed E-state index contributed by atoms with van der Waals surface area (Å²) in [7, 11) is 6.50. The molecule has 0 rings (SSSR count). The standard InChI is InChI=1S/C12H30O4Si2/c1-13-11(14-2)17-9-7-5-6-8-10-18-12(15-3)16-4/h11-12H,5-10,17-18H2,1-4H3. The average Bonchev–Trinajstić information content (AvgIpc) is 2.41. The van der Waals surface area contributed by atoms with Crippen LogP contribution in [0.25, 0.3) is 0 Å². The summed E-state index contributed by atoms with van der Waals surface area (Å²) in [5.41, 5.74) is 0. The van der Waals surface area contributed by atoms with E-state index >= 15 is 0 Å². The molecular weight excluding hydrogens is 264 g/mol. The highest BCUT2D eigenvalue weighted by molar-refractivity contribution is 6.36. The van der Waals surface area contributed by atoms with Crippen LogP contribution in [0.2, 0.25) is 12.1 Å². The smallest absolute Gasteiger partial charge is 0.134 e. The van der Waals surface area contributed by atoms with Crippen LogP contribution in [-0.4, -0.2) is 59.3 Å². The number of rotatable bonds is 13. The number of methoxy groups -OCH3 is 4. The fraction of sp³-hybridized carbons (Fsp3) is 1.00. The van der Waals surface area contributed by atoms with Gasteiger partial charge in [0, 0.05) is 28.4 Å². The van der Waals surface area contributed by atoms with Crippen molar-refractivity contribution in [3.63, 3.8) is 0 Å². The molecular formula is C12H30O4Si2. The van der Waals surface area contributed by atoms with Gasteiger partial charge in [0.15, 0.2) is 0 Å². The zero-order valence-corrected chi connectivity index (χ0v) is 15.3. The van der Waals surface area contributed by atoms with E-state index in [1.807, 2.05) is 0 Å². The van der Waals surface area contributed by atoms with Crippen LogP contribution in [0.15, 0.2) is 0 Å². The Bertz CT molecular complexity index is 146. The van der Waals surface area contributed by atoms with Gasteiger partial charge in [0.1, 0.15) is 11.8 Å². The van der Waals surface area contributed by atoms with Crippen LogP contribution in [0.1, 0.15) is 25.7 Å². The van der Waals surface area contributed by atoms with E-state index in [-0.39, 0.29) is 30.9 Å². The average molecular weight is 295 g/mol. The van der Waals surface area contributed by atoms with Gasteiger partial charge in [-0.2, -0.15) is 0 Å². The van der Waals surface area contributed by atoms with Crippen molar-refractivity contribution in [2.45, 2.75) is 49.6 Å². The zero-order chi connectivity index (χ0) is 13.6. The van der Waals surface area contributed by atoms with Crippen LogP contribution in [0.3, 0.4) is 0 Å². The van der Waals surface area contributed by atoms with Crippen molar-refractivity contribution >= 4 is 19.0 Å². The molecule has 0 aliphatic heterocycles. The molecule has 18 heavy (non-hydrogen) atoms. The zero-order valence-electron chi connectivity index (χ0n) is 12.4. The van der Waals surface area contributed by atoms with Gasteiger partial charge in [0.2, 0.25) is 0 Å². The first-order valence-electron chi connectivity index (χ1n) is 6.89. The molecule has 0 aromatic carbocycles. The maximum Gasteiger partial charge on any atom is 0.134 e. The van der Waals surface area contributed by atoms with Crippen molar-refractivity contribution in [1.82, 2.24) is 0 Å². The molecule has 0 bridgehead atoms. The summed E-state index contributed by atoms with van der Waals surface area (Å²) in [5, 5.41) is 0. The van der Waals surface area contributed by atoms with Gasteiger partial charge in [-0.3, -0.25) is 0 Å². The Morgan fingerprint density at radius 3 is 1.22 bits per heavy atom. The third kappa shape index (κ3) is 10.2. The number of unbranched alkanes of at least 4 members (excludes halogenated alkanes) is 3. The lowest BCUT2D eigenvalue weighted by atomic mass is 10.2. The fourth-order valence-corrected chi connectivity index (χ4v) is 4.89. The van der Waals surface area contributed by atoms with Crippen molar-refractivity contribution in [2.75, 3.05) is 28.4 Å². The Labute approximate surface area is 116 Å². The Morgan fingerprint density at radius 1 is 0.611 bits per heavy atom. The van der Waals surface area contributed by atoms with Crippen molar-refractivity contribution in [3.8, 4) is 0 Å². The maximum absolute atomic E-state index is 5.21. The van der Waals surface area contributed by atoms with Crippen LogP contribution < -0.4 is 0 Å². The summed E-state index contributed by atoms with van der Waals surface area (Å²) < 4.78 is 20.9.